The molecule has 1 fully saturated rings. The first-order valence-corrected chi connectivity index (χ1v) is 9.00. The Morgan fingerprint density at radius 2 is 1.92 bits per heavy atom. The predicted molar refractivity (Wildman–Crippen MR) is 97.9 cm³/mol. The monoisotopic (exact) mass is 360 g/mol. The molecule has 142 valence electrons. The summed E-state index contributed by atoms with van der Waals surface area (Å²) in [5.74, 6) is -0.470. The molecule has 0 unspecified atom stereocenters. The molecular formula is C21H28O5. The van der Waals surface area contributed by atoms with Gasteiger partial charge in [0.25, 0.3) is 0 Å². The van der Waals surface area contributed by atoms with Crippen LogP contribution in [-0.2, 0) is 23.9 Å². The minimum absolute atomic E-state index is 0.0433. The SMILES string of the molecule is CC=CCC1=C(C)[C@@H](OC(=O)[C@@H]2[C@@H](C=C(C)OC(C)=O)C2(C)C)CC1=O. The van der Waals surface area contributed by atoms with E-state index >= 15 is 0 Å². The van der Waals surface area contributed by atoms with Gasteiger partial charge in [-0.15, -0.1) is 0 Å². The molecule has 0 aliphatic heterocycles. The number of rotatable bonds is 6. The zero-order valence-electron chi connectivity index (χ0n) is 16.4. The highest BCUT2D eigenvalue weighted by Crippen LogP contribution is 2.60. The molecule has 0 amide bonds. The van der Waals surface area contributed by atoms with E-state index in [2.05, 4.69) is 0 Å². The number of carbonyl (C=O) groups excluding carboxylic acids is 3. The Morgan fingerprint density at radius 3 is 2.50 bits per heavy atom. The summed E-state index contributed by atoms with van der Waals surface area (Å²) in [7, 11) is 0. The molecule has 0 heterocycles. The average Bonchev–Trinajstić information content (AvgIpc) is 2.94. The molecule has 0 N–H and O–H groups in total. The van der Waals surface area contributed by atoms with E-state index in [9.17, 15) is 14.4 Å². The Balaban J connectivity index is 2.05. The molecule has 3 atom stereocenters. The Morgan fingerprint density at radius 1 is 1.27 bits per heavy atom. The summed E-state index contributed by atoms with van der Waals surface area (Å²) in [5, 5.41) is 0. The molecule has 0 bridgehead atoms. The van der Waals surface area contributed by atoms with E-state index < -0.39 is 6.10 Å². The van der Waals surface area contributed by atoms with Crippen molar-refractivity contribution in [3.05, 3.63) is 35.1 Å². The third kappa shape index (κ3) is 4.14. The van der Waals surface area contributed by atoms with Gasteiger partial charge in [-0.1, -0.05) is 26.0 Å². The van der Waals surface area contributed by atoms with Crippen LogP contribution in [0.4, 0.5) is 0 Å². The molecule has 0 radical (unpaired) electrons. The summed E-state index contributed by atoms with van der Waals surface area (Å²) >= 11 is 0. The van der Waals surface area contributed by atoms with Crippen molar-refractivity contribution in [2.24, 2.45) is 17.3 Å². The van der Waals surface area contributed by atoms with E-state index in [1.807, 2.05) is 45.9 Å². The zero-order chi connectivity index (χ0) is 19.6. The largest absolute Gasteiger partial charge is 0.457 e. The van der Waals surface area contributed by atoms with Crippen LogP contribution in [0.15, 0.2) is 35.1 Å². The summed E-state index contributed by atoms with van der Waals surface area (Å²) < 4.78 is 10.7. The van der Waals surface area contributed by atoms with Gasteiger partial charge in [-0.3, -0.25) is 14.4 Å². The number of hydrogen-bond donors (Lipinski definition) is 0. The maximum absolute atomic E-state index is 12.7. The number of Topliss-reactive ketones (excluding diaryl/α,β-unsaturated/α-hetero) is 1. The van der Waals surface area contributed by atoms with Gasteiger partial charge in [-0.25, -0.2) is 0 Å². The molecular weight excluding hydrogens is 332 g/mol. The molecule has 0 spiro atoms. The van der Waals surface area contributed by atoms with E-state index in [0.717, 1.165) is 11.1 Å². The van der Waals surface area contributed by atoms with E-state index in [-0.39, 0.29) is 41.4 Å². The third-order valence-corrected chi connectivity index (χ3v) is 5.37. The van der Waals surface area contributed by atoms with Crippen molar-refractivity contribution in [2.45, 2.75) is 60.5 Å². The quantitative estimate of drug-likeness (QED) is 0.408. The second-order valence-electron chi connectivity index (χ2n) is 7.68. The molecule has 2 rings (SSSR count). The van der Waals surface area contributed by atoms with Crippen LogP contribution in [0.1, 0.15) is 54.4 Å². The molecule has 26 heavy (non-hydrogen) atoms. The van der Waals surface area contributed by atoms with Crippen LogP contribution in [0.3, 0.4) is 0 Å². The van der Waals surface area contributed by atoms with Crippen molar-refractivity contribution in [3.63, 3.8) is 0 Å². The van der Waals surface area contributed by atoms with Gasteiger partial charge in [0.2, 0.25) is 0 Å². The Kier molecular flexibility index (Phi) is 5.89. The molecule has 0 saturated heterocycles. The summed E-state index contributed by atoms with van der Waals surface area (Å²) in [6.45, 7) is 10.8. The lowest BCUT2D eigenvalue weighted by molar-refractivity contribution is -0.150. The standard InChI is InChI=1S/C21H28O5/c1-7-8-9-15-13(3)18(11-17(15)23)26-20(24)19-16(21(19,5)6)10-12(2)25-14(4)22/h7-8,10,16,18-19H,9,11H2,1-6H3/t16-,18+,19+/m1/s1. The number of allylic oxidation sites excluding steroid dienone is 5. The Hall–Kier alpha value is -2.17. The van der Waals surface area contributed by atoms with Crippen molar-refractivity contribution in [1.82, 2.24) is 0 Å². The molecule has 0 aromatic heterocycles. The summed E-state index contributed by atoms with van der Waals surface area (Å²) in [4.78, 5) is 35.9. The first-order chi connectivity index (χ1) is 12.1. The first kappa shape index (κ1) is 20.1. The lowest BCUT2D eigenvalue weighted by Gasteiger charge is -2.13. The van der Waals surface area contributed by atoms with Crippen LogP contribution in [0.25, 0.3) is 0 Å². The van der Waals surface area contributed by atoms with E-state index in [0.29, 0.717) is 12.2 Å². The lowest BCUT2D eigenvalue weighted by atomic mass is 10.1. The van der Waals surface area contributed by atoms with Crippen LogP contribution in [-0.4, -0.2) is 23.8 Å². The van der Waals surface area contributed by atoms with Crippen LogP contribution >= 0.6 is 0 Å². The maximum atomic E-state index is 12.7. The lowest BCUT2D eigenvalue weighted by Crippen LogP contribution is -2.20. The topological polar surface area (TPSA) is 69.7 Å². The molecule has 2 aliphatic rings. The molecule has 2 aliphatic carbocycles. The average molecular weight is 360 g/mol. The van der Waals surface area contributed by atoms with Crippen LogP contribution in [0.2, 0.25) is 0 Å². The van der Waals surface area contributed by atoms with Crippen LogP contribution in [0.5, 0.6) is 0 Å². The normalized spacial score (nSPS) is 27.8. The number of ether oxygens (including phenoxy) is 2. The second-order valence-corrected chi connectivity index (χ2v) is 7.68. The molecule has 5 nitrogen and oxygen atoms in total. The van der Waals surface area contributed by atoms with E-state index in [1.165, 1.54) is 6.92 Å². The fourth-order valence-corrected chi connectivity index (χ4v) is 3.67. The van der Waals surface area contributed by atoms with Crippen molar-refractivity contribution in [2.75, 3.05) is 0 Å². The predicted octanol–water partition coefficient (Wildman–Crippen LogP) is 3.89. The van der Waals surface area contributed by atoms with Gasteiger partial charge in [0.05, 0.1) is 12.3 Å². The van der Waals surface area contributed by atoms with Gasteiger partial charge in [-0.2, -0.15) is 0 Å². The third-order valence-electron chi connectivity index (χ3n) is 5.37. The van der Waals surface area contributed by atoms with Crippen LogP contribution in [0, 0.1) is 17.3 Å². The van der Waals surface area contributed by atoms with E-state index in [1.54, 1.807) is 6.92 Å². The second kappa shape index (κ2) is 7.60. The Labute approximate surface area is 155 Å². The first-order valence-electron chi connectivity index (χ1n) is 9.00. The highest BCUT2D eigenvalue weighted by atomic mass is 16.5. The van der Waals surface area contributed by atoms with Gasteiger partial charge in [0.15, 0.2) is 5.78 Å². The van der Waals surface area contributed by atoms with Crippen molar-refractivity contribution in [1.29, 1.82) is 0 Å². The fourth-order valence-electron chi connectivity index (χ4n) is 3.67. The Bertz CT molecular complexity index is 708. The summed E-state index contributed by atoms with van der Waals surface area (Å²) in [6, 6.07) is 0. The van der Waals surface area contributed by atoms with Crippen molar-refractivity contribution < 1.29 is 23.9 Å². The fraction of sp³-hybridized carbons (Fsp3) is 0.571. The smallest absolute Gasteiger partial charge is 0.310 e. The number of ketones is 1. The molecule has 0 aromatic rings. The summed E-state index contributed by atoms with van der Waals surface area (Å²) in [5.41, 5.74) is 1.34. The zero-order valence-corrected chi connectivity index (χ0v) is 16.4. The van der Waals surface area contributed by atoms with Gasteiger partial charge in [0, 0.05) is 18.4 Å². The summed E-state index contributed by atoms with van der Waals surface area (Å²) in [6.07, 6.45) is 5.99. The maximum Gasteiger partial charge on any atom is 0.310 e. The molecule has 0 aromatic carbocycles. The highest BCUT2D eigenvalue weighted by Gasteiger charge is 2.62. The van der Waals surface area contributed by atoms with E-state index in [4.69, 9.17) is 9.47 Å². The molecule has 5 heteroatoms. The number of hydrogen-bond acceptors (Lipinski definition) is 5. The van der Waals surface area contributed by atoms with Gasteiger partial charge in [-0.05, 0) is 44.3 Å². The highest BCUT2D eigenvalue weighted by molar-refractivity contribution is 6.00. The van der Waals surface area contributed by atoms with Crippen molar-refractivity contribution in [3.8, 4) is 0 Å². The minimum Gasteiger partial charge on any atom is -0.457 e. The van der Waals surface area contributed by atoms with Crippen LogP contribution < -0.4 is 0 Å². The number of carbonyl (C=O) groups is 3. The molecule has 1 saturated carbocycles. The van der Waals surface area contributed by atoms with Gasteiger partial charge in [0.1, 0.15) is 11.9 Å². The number of esters is 2. The van der Waals surface area contributed by atoms with Crippen molar-refractivity contribution >= 4 is 17.7 Å². The minimum atomic E-state index is -0.467. The van der Waals surface area contributed by atoms with Gasteiger partial charge < -0.3 is 9.47 Å². The van der Waals surface area contributed by atoms with Gasteiger partial charge >= 0.3 is 11.9 Å².